The monoisotopic (exact) mass is 328 g/mol. The summed E-state index contributed by atoms with van der Waals surface area (Å²) in [5.41, 5.74) is 1.40. The van der Waals surface area contributed by atoms with Crippen molar-refractivity contribution in [2.45, 2.75) is 13.0 Å². The van der Waals surface area contributed by atoms with E-state index in [1.54, 1.807) is 48.3 Å². The molecule has 1 atom stereocenters. The van der Waals surface area contributed by atoms with Crippen LogP contribution in [0.1, 0.15) is 24.1 Å². The largest absolute Gasteiger partial charge is 0.482 e. The van der Waals surface area contributed by atoms with Crippen molar-refractivity contribution in [2.24, 2.45) is 0 Å². The summed E-state index contributed by atoms with van der Waals surface area (Å²) in [4.78, 5) is 13.9. The topological polar surface area (TPSA) is 53.3 Å². The third-order valence-corrected chi connectivity index (χ3v) is 3.94. The van der Waals surface area contributed by atoms with Gasteiger partial charge < -0.3 is 9.64 Å². The first-order chi connectivity index (χ1) is 11.0. The number of benzene rings is 2. The number of likely N-dealkylation sites (N-methyl/N-ethyl adjacent to an activating group) is 1. The number of amides is 1. The second kappa shape index (κ2) is 7.66. The molecule has 0 aliphatic heterocycles. The molecule has 0 aromatic heterocycles. The minimum Gasteiger partial charge on any atom is -0.482 e. The number of halogens is 1. The molecule has 0 saturated heterocycles. The highest BCUT2D eigenvalue weighted by Crippen LogP contribution is 2.21. The van der Waals surface area contributed by atoms with Crippen molar-refractivity contribution >= 4 is 17.5 Å². The zero-order chi connectivity index (χ0) is 16.8. The summed E-state index contributed by atoms with van der Waals surface area (Å²) >= 11 is 5.88. The first-order valence-electron chi connectivity index (χ1n) is 7.16. The van der Waals surface area contributed by atoms with E-state index in [9.17, 15) is 4.79 Å². The van der Waals surface area contributed by atoms with E-state index in [2.05, 4.69) is 0 Å². The normalized spacial score (nSPS) is 11.4. The molecule has 0 saturated carbocycles. The van der Waals surface area contributed by atoms with Gasteiger partial charge in [-0.05, 0) is 36.8 Å². The van der Waals surface area contributed by atoms with Gasteiger partial charge in [0.05, 0.1) is 11.6 Å². The summed E-state index contributed by atoms with van der Waals surface area (Å²) in [6.07, 6.45) is 0. The summed E-state index contributed by atoms with van der Waals surface area (Å²) < 4.78 is 5.48. The van der Waals surface area contributed by atoms with Crippen molar-refractivity contribution in [3.63, 3.8) is 0 Å². The molecule has 1 amide bonds. The number of nitriles is 1. The molecule has 0 N–H and O–H groups in total. The van der Waals surface area contributed by atoms with Gasteiger partial charge in [0.1, 0.15) is 11.8 Å². The van der Waals surface area contributed by atoms with Gasteiger partial charge in [-0.15, -0.1) is 0 Å². The van der Waals surface area contributed by atoms with E-state index in [1.165, 1.54) is 0 Å². The lowest BCUT2D eigenvalue weighted by atomic mass is 10.1. The van der Waals surface area contributed by atoms with Gasteiger partial charge >= 0.3 is 0 Å². The van der Waals surface area contributed by atoms with Crippen LogP contribution in [0.4, 0.5) is 0 Å². The summed E-state index contributed by atoms with van der Waals surface area (Å²) in [6, 6.07) is 16.2. The van der Waals surface area contributed by atoms with Gasteiger partial charge in [-0.1, -0.05) is 35.9 Å². The third-order valence-electron chi connectivity index (χ3n) is 3.69. The number of para-hydroxylation sites is 1. The van der Waals surface area contributed by atoms with Gasteiger partial charge in [-0.2, -0.15) is 5.26 Å². The molecule has 5 heteroatoms. The van der Waals surface area contributed by atoms with Crippen LogP contribution >= 0.6 is 11.6 Å². The Hall–Kier alpha value is -2.51. The van der Waals surface area contributed by atoms with E-state index >= 15 is 0 Å². The zero-order valence-electron chi connectivity index (χ0n) is 13.0. The van der Waals surface area contributed by atoms with Crippen molar-refractivity contribution < 1.29 is 9.53 Å². The number of hydrogen-bond acceptors (Lipinski definition) is 3. The minimum absolute atomic E-state index is 0.102. The van der Waals surface area contributed by atoms with Gasteiger partial charge in [0.2, 0.25) is 0 Å². The Morgan fingerprint density at radius 2 is 1.91 bits per heavy atom. The van der Waals surface area contributed by atoms with Gasteiger partial charge in [-0.3, -0.25) is 4.79 Å². The smallest absolute Gasteiger partial charge is 0.260 e. The number of carbonyl (C=O) groups excluding carboxylic acids is 1. The minimum atomic E-state index is -0.166. The van der Waals surface area contributed by atoms with Crippen molar-refractivity contribution in [1.82, 2.24) is 4.90 Å². The lowest BCUT2D eigenvalue weighted by molar-refractivity contribution is -0.134. The maximum atomic E-state index is 12.3. The van der Waals surface area contributed by atoms with Crippen LogP contribution in [0.2, 0.25) is 5.02 Å². The molecule has 4 nitrogen and oxygen atoms in total. The Balaban J connectivity index is 2.00. The second-order valence-corrected chi connectivity index (χ2v) is 5.57. The standard InChI is InChI=1S/C18H17ClN2O2/c1-13(14-7-9-16(19)10-8-14)21(2)18(22)12-23-17-6-4-3-5-15(17)11-20/h3-10,13H,12H2,1-2H3. The van der Waals surface area contributed by atoms with Crippen molar-refractivity contribution in [3.8, 4) is 11.8 Å². The Morgan fingerprint density at radius 1 is 1.26 bits per heavy atom. The maximum absolute atomic E-state index is 12.3. The fourth-order valence-electron chi connectivity index (χ4n) is 2.11. The van der Waals surface area contributed by atoms with Crippen LogP contribution in [0.25, 0.3) is 0 Å². The molecule has 2 aromatic carbocycles. The molecule has 23 heavy (non-hydrogen) atoms. The fourth-order valence-corrected chi connectivity index (χ4v) is 2.23. The van der Waals surface area contributed by atoms with Crippen LogP contribution in [-0.2, 0) is 4.79 Å². The lowest BCUT2D eigenvalue weighted by Gasteiger charge is -2.25. The summed E-state index contributed by atoms with van der Waals surface area (Å²) in [6.45, 7) is 1.82. The lowest BCUT2D eigenvalue weighted by Crippen LogP contribution is -2.33. The highest BCUT2D eigenvalue weighted by molar-refractivity contribution is 6.30. The molecule has 118 valence electrons. The molecule has 0 fully saturated rings. The van der Waals surface area contributed by atoms with Crippen molar-refractivity contribution in [2.75, 3.05) is 13.7 Å². The van der Waals surface area contributed by atoms with Crippen LogP contribution in [0.15, 0.2) is 48.5 Å². The third kappa shape index (κ3) is 4.24. The van der Waals surface area contributed by atoms with Crippen LogP contribution in [-0.4, -0.2) is 24.5 Å². The average Bonchev–Trinajstić information content (AvgIpc) is 2.59. The van der Waals surface area contributed by atoms with Crippen LogP contribution < -0.4 is 4.74 Å². The molecule has 0 spiro atoms. The molecule has 0 radical (unpaired) electrons. The van der Waals surface area contributed by atoms with E-state index in [4.69, 9.17) is 21.6 Å². The molecular weight excluding hydrogens is 312 g/mol. The molecular formula is C18H17ClN2O2. The van der Waals surface area contributed by atoms with E-state index in [-0.39, 0.29) is 18.6 Å². The fraction of sp³-hybridized carbons (Fsp3) is 0.222. The zero-order valence-corrected chi connectivity index (χ0v) is 13.7. The first-order valence-corrected chi connectivity index (χ1v) is 7.53. The van der Waals surface area contributed by atoms with E-state index < -0.39 is 0 Å². The highest BCUT2D eigenvalue weighted by Gasteiger charge is 2.18. The molecule has 2 aromatic rings. The Bertz CT molecular complexity index is 723. The number of ether oxygens (including phenoxy) is 1. The van der Waals surface area contributed by atoms with Gasteiger partial charge in [-0.25, -0.2) is 0 Å². The van der Waals surface area contributed by atoms with E-state index in [0.29, 0.717) is 16.3 Å². The van der Waals surface area contributed by atoms with Crippen molar-refractivity contribution in [1.29, 1.82) is 5.26 Å². The Morgan fingerprint density at radius 3 is 2.57 bits per heavy atom. The number of hydrogen-bond donors (Lipinski definition) is 0. The first kappa shape index (κ1) is 16.9. The van der Waals surface area contributed by atoms with Gasteiger partial charge in [0, 0.05) is 12.1 Å². The van der Waals surface area contributed by atoms with E-state index in [0.717, 1.165) is 5.56 Å². The molecule has 1 unspecified atom stereocenters. The molecule has 0 heterocycles. The van der Waals surface area contributed by atoms with Crippen LogP contribution in [0.5, 0.6) is 5.75 Å². The summed E-state index contributed by atoms with van der Waals surface area (Å²) in [5.74, 6) is 0.246. The van der Waals surface area contributed by atoms with Crippen molar-refractivity contribution in [3.05, 3.63) is 64.7 Å². The quantitative estimate of drug-likeness (QED) is 0.838. The number of nitrogens with zero attached hydrogens (tertiary/aromatic N) is 2. The highest BCUT2D eigenvalue weighted by atomic mass is 35.5. The number of rotatable bonds is 5. The Kier molecular flexibility index (Phi) is 5.61. The van der Waals surface area contributed by atoms with Crippen LogP contribution in [0, 0.1) is 11.3 Å². The predicted octanol–water partition coefficient (Wildman–Crippen LogP) is 3.81. The number of carbonyl (C=O) groups is 1. The second-order valence-electron chi connectivity index (χ2n) is 5.13. The Labute approximate surface area is 140 Å². The summed E-state index contributed by atoms with van der Waals surface area (Å²) in [5, 5.41) is 9.67. The SMILES string of the molecule is CC(c1ccc(Cl)cc1)N(C)C(=O)COc1ccccc1C#N. The van der Waals surface area contributed by atoms with Gasteiger partial charge in [0.15, 0.2) is 6.61 Å². The molecule has 0 aliphatic carbocycles. The summed E-state index contributed by atoms with van der Waals surface area (Å²) in [7, 11) is 1.72. The van der Waals surface area contributed by atoms with E-state index in [1.807, 2.05) is 25.1 Å². The average molecular weight is 329 g/mol. The molecule has 2 rings (SSSR count). The predicted molar refractivity (Wildman–Crippen MR) is 89.3 cm³/mol. The van der Waals surface area contributed by atoms with Gasteiger partial charge in [0.25, 0.3) is 5.91 Å². The molecule has 0 aliphatic rings. The van der Waals surface area contributed by atoms with Crippen LogP contribution in [0.3, 0.4) is 0 Å². The molecule has 0 bridgehead atoms. The maximum Gasteiger partial charge on any atom is 0.260 e.